The zero-order valence-corrected chi connectivity index (χ0v) is 8.61. The minimum atomic E-state index is 0.708. The Morgan fingerprint density at radius 1 is 1.50 bits per heavy atom. The van der Waals surface area contributed by atoms with E-state index in [0.29, 0.717) is 5.92 Å². The van der Waals surface area contributed by atoms with Crippen molar-refractivity contribution in [3.63, 3.8) is 0 Å². The van der Waals surface area contributed by atoms with Crippen LogP contribution in [0.4, 0.5) is 0 Å². The van der Waals surface area contributed by atoms with Crippen molar-refractivity contribution in [2.24, 2.45) is 11.7 Å². The Morgan fingerprint density at radius 3 is 2.93 bits per heavy atom. The molecule has 3 nitrogen and oxygen atoms in total. The molecule has 2 rings (SSSR count). The molecule has 0 spiro atoms. The molecule has 1 aliphatic rings. The zero-order valence-electron chi connectivity index (χ0n) is 8.61. The average molecular weight is 191 g/mol. The lowest BCUT2D eigenvalue weighted by molar-refractivity contribution is 0.0964. The Morgan fingerprint density at radius 2 is 2.29 bits per heavy atom. The molecule has 14 heavy (non-hydrogen) atoms. The predicted octanol–water partition coefficient (Wildman–Crippen LogP) is 0.781. The van der Waals surface area contributed by atoms with Crippen LogP contribution < -0.4 is 5.73 Å². The molecule has 1 saturated heterocycles. The topological polar surface area (TPSA) is 42.1 Å². The molecule has 0 atom stereocenters. The average Bonchev–Trinajstić information content (AvgIpc) is 2.10. The molecule has 0 saturated carbocycles. The van der Waals surface area contributed by atoms with Gasteiger partial charge in [-0.2, -0.15) is 0 Å². The van der Waals surface area contributed by atoms with Crippen LogP contribution in [-0.2, 0) is 6.54 Å². The second kappa shape index (κ2) is 4.07. The quantitative estimate of drug-likeness (QED) is 0.767. The van der Waals surface area contributed by atoms with Crippen molar-refractivity contribution in [1.29, 1.82) is 0 Å². The van der Waals surface area contributed by atoms with E-state index in [1.807, 2.05) is 13.0 Å². The Labute approximate surface area is 84.9 Å². The Hall–Kier alpha value is -0.930. The minimum Gasteiger partial charge on any atom is -0.330 e. The third kappa shape index (κ3) is 2.11. The van der Waals surface area contributed by atoms with Gasteiger partial charge < -0.3 is 5.73 Å². The molecule has 1 aromatic heterocycles. The summed E-state index contributed by atoms with van der Waals surface area (Å²) in [4.78, 5) is 6.86. The van der Waals surface area contributed by atoms with Gasteiger partial charge in [0.1, 0.15) is 0 Å². The first-order valence-electron chi connectivity index (χ1n) is 5.13. The van der Waals surface area contributed by atoms with Gasteiger partial charge in [-0.05, 0) is 31.5 Å². The maximum absolute atomic E-state index is 5.57. The molecule has 3 heteroatoms. The first-order chi connectivity index (χ1) is 6.78. The smallest absolute Gasteiger partial charge is 0.0547 e. The van der Waals surface area contributed by atoms with Gasteiger partial charge in [0.05, 0.1) is 5.69 Å². The first-order valence-corrected chi connectivity index (χ1v) is 5.13. The van der Waals surface area contributed by atoms with E-state index >= 15 is 0 Å². The summed E-state index contributed by atoms with van der Waals surface area (Å²) in [5.74, 6) is 0.708. The van der Waals surface area contributed by atoms with Gasteiger partial charge in [0, 0.05) is 25.3 Å². The van der Waals surface area contributed by atoms with Gasteiger partial charge in [0.25, 0.3) is 0 Å². The monoisotopic (exact) mass is 191 g/mol. The molecular weight excluding hydrogens is 174 g/mol. The number of aryl methyl sites for hydroxylation is 1. The van der Waals surface area contributed by atoms with Crippen LogP contribution in [0.5, 0.6) is 0 Å². The normalized spacial score (nSPS) is 18.1. The maximum Gasteiger partial charge on any atom is 0.0547 e. The summed E-state index contributed by atoms with van der Waals surface area (Å²) >= 11 is 0. The van der Waals surface area contributed by atoms with Gasteiger partial charge in [-0.25, -0.2) is 0 Å². The third-order valence-corrected chi connectivity index (χ3v) is 2.70. The van der Waals surface area contributed by atoms with Crippen LogP contribution in [0.15, 0.2) is 18.2 Å². The molecule has 1 aliphatic heterocycles. The second-order valence-electron chi connectivity index (χ2n) is 4.07. The highest BCUT2D eigenvalue weighted by Crippen LogP contribution is 2.16. The van der Waals surface area contributed by atoms with E-state index in [1.54, 1.807) is 0 Å². The Kier molecular flexibility index (Phi) is 2.79. The molecule has 0 amide bonds. The number of hydrogen-bond donors (Lipinski definition) is 1. The van der Waals surface area contributed by atoms with E-state index in [9.17, 15) is 0 Å². The lowest BCUT2D eigenvalue weighted by atomic mass is 10.0. The van der Waals surface area contributed by atoms with Crippen LogP contribution >= 0.6 is 0 Å². The summed E-state index contributed by atoms with van der Waals surface area (Å²) in [7, 11) is 0. The summed E-state index contributed by atoms with van der Waals surface area (Å²) in [6.45, 7) is 6.08. The fourth-order valence-electron chi connectivity index (χ4n) is 1.87. The fraction of sp³-hybridized carbons (Fsp3) is 0.545. The van der Waals surface area contributed by atoms with Gasteiger partial charge >= 0.3 is 0 Å². The Bertz CT molecular complexity index is 305. The summed E-state index contributed by atoms with van der Waals surface area (Å²) in [6, 6.07) is 6.18. The van der Waals surface area contributed by atoms with E-state index in [1.165, 1.54) is 5.69 Å². The predicted molar refractivity (Wildman–Crippen MR) is 56.8 cm³/mol. The van der Waals surface area contributed by atoms with Gasteiger partial charge in [-0.3, -0.25) is 9.88 Å². The standard InChI is InChI=1S/C11H17N3/c1-9-3-2-4-11(13-9)8-14-6-10(5-12)7-14/h2-4,10H,5-8,12H2,1H3. The summed E-state index contributed by atoms with van der Waals surface area (Å²) in [5.41, 5.74) is 7.83. The number of aromatic nitrogens is 1. The largest absolute Gasteiger partial charge is 0.330 e. The Balaban J connectivity index is 1.87. The number of nitrogens with two attached hydrogens (primary N) is 1. The van der Waals surface area contributed by atoms with Crippen molar-refractivity contribution in [1.82, 2.24) is 9.88 Å². The third-order valence-electron chi connectivity index (χ3n) is 2.70. The van der Waals surface area contributed by atoms with Crippen molar-refractivity contribution < 1.29 is 0 Å². The van der Waals surface area contributed by atoms with E-state index in [0.717, 1.165) is 31.9 Å². The zero-order chi connectivity index (χ0) is 9.97. The van der Waals surface area contributed by atoms with Gasteiger partial charge in [-0.1, -0.05) is 6.07 Å². The van der Waals surface area contributed by atoms with Gasteiger partial charge in [-0.15, -0.1) is 0 Å². The van der Waals surface area contributed by atoms with Crippen LogP contribution in [0, 0.1) is 12.8 Å². The molecule has 0 bridgehead atoms. The molecule has 0 unspecified atom stereocenters. The van der Waals surface area contributed by atoms with Crippen molar-refractivity contribution in [2.45, 2.75) is 13.5 Å². The fourth-order valence-corrected chi connectivity index (χ4v) is 1.87. The minimum absolute atomic E-state index is 0.708. The molecule has 0 aromatic carbocycles. The summed E-state index contributed by atoms with van der Waals surface area (Å²) in [6.07, 6.45) is 0. The van der Waals surface area contributed by atoms with Crippen molar-refractivity contribution in [2.75, 3.05) is 19.6 Å². The number of pyridine rings is 1. The lowest BCUT2D eigenvalue weighted by Gasteiger charge is -2.38. The van der Waals surface area contributed by atoms with E-state index in [-0.39, 0.29) is 0 Å². The van der Waals surface area contributed by atoms with E-state index < -0.39 is 0 Å². The van der Waals surface area contributed by atoms with Crippen LogP contribution in [-0.4, -0.2) is 29.5 Å². The summed E-state index contributed by atoms with van der Waals surface area (Å²) in [5, 5.41) is 0. The van der Waals surface area contributed by atoms with Crippen LogP contribution in [0.25, 0.3) is 0 Å². The highest BCUT2D eigenvalue weighted by atomic mass is 15.2. The molecule has 76 valence electrons. The first kappa shape index (κ1) is 9.62. The second-order valence-corrected chi connectivity index (χ2v) is 4.07. The summed E-state index contributed by atoms with van der Waals surface area (Å²) < 4.78 is 0. The van der Waals surface area contributed by atoms with Crippen LogP contribution in [0.2, 0.25) is 0 Å². The molecule has 2 heterocycles. The van der Waals surface area contributed by atoms with Gasteiger partial charge in [0.2, 0.25) is 0 Å². The highest BCUT2D eigenvalue weighted by Gasteiger charge is 2.25. The van der Waals surface area contributed by atoms with Crippen molar-refractivity contribution >= 4 is 0 Å². The van der Waals surface area contributed by atoms with Crippen molar-refractivity contribution in [3.05, 3.63) is 29.6 Å². The van der Waals surface area contributed by atoms with E-state index in [2.05, 4.69) is 22.0 Å². The molecular formula is C11H17N3. The van der Waals surface area contributed by atoms with E-state index in [4.69, 9.17) is 5.73 Å². The number of hydrogen-bond acceptors (Lipinski definition) is 3. The van der Waals surface area contributed by atoms with Crippen molar-refractivity contribution in [3.8, 4) is 0 Å². The van der Waals surface area contributed by atoms with Crippen LogP contribution in [0.1, 0.15) is 11.4 Å². The number of rotatable bonds is 3. The number of nitrogens with zero attached hydrogens (tertiary/aromatic N) is 2. The highest BCUT2D eigenvalue weighted by molar-refractivity contribution is 5.10. The SMILES string of the molecule is Cc1cccc(CN2CC(CN)C2)n1. The van der Waals surface area contributed by atoms with Crippen LogP contribution in [0.3, 0.4) is 0 Å². The molecule has 2 N–H and O–H groups in total. The molecule has 1 aromatic rings. The molecule has 1 fully saturated rings. The lowest BCUT2D eigenvalue weighted by Crippen LogP contribution is -2.49. The molecule has 0 aliphatic carbocycles. The maximum atomic E-state index is 5.57. The number of likely N-dealkylation sites (tertiary alicyclic amines) is 1. The molecule has 0 radical (unpaired) electrons. The van der Waals surface area contributed by atoms with Gasteiger partial charge in [0.15, 0.2) is 0 Å².